The molecule has 1 aliphatic heterocycles. The standard InChI is InChI=1S/C16H18N2O3/c17-11-13(9-12-5-6-14(19)15(20)10-12)16(21)18-7-3-1-2-4-8-18/h5-6,9-10,19-20H,1-4,7-8H2/b13-9+. The number of hydrogen-bond acceptors (Lipinski definition) is 4. The van der Waals surface area contributed by atoms with Crippen LogP contribution in [0.4, 0.5) is 0 Å². The molecule has 110 valence electrons. The van der Waals surface area contributed by atoms with Crippen molar-refractivity contribution in [3.05, 3.63) is 29.3 Å². The van der Waals surface area contributed by atoms with E-state index in [1.54, 1.807) is 11.0 Å². The van der Waals surface area contributed by atoms with Gasteiger partial charge in [0.05, 0.1) is 0 Å². The second-order valence-corrected chi connectivity index (χ2v) is 5.12. The van der Waals surface area contributed by atoms with Gasteiger partial charge in [-0.3, -0.25) is 4.79 Å². The minimum Gasteiger partial charge on any atom is -0.504 e. The number of nitriles is 1. The molecule has 5 nitrogen and oxygen atoms in total. The van der Waals surface area contributed by atoms with Crippen molar-refractivity contribution in [2.75, 3.05) is 13.1 Å². The Hall–Kier alpha value is -2.48. The molecule has 1 amide bonds. The van der Waals surface area contributed by atoms with Gasteiger partial charge in [-0.1, -0.05) is 18.9 Å². The second-order valence-electron chi connectivity index (χ2n) is 5.12. The Morgan fingerprint density at radius 2 is 1.81 bits per heavy atom. The van der Waals surface area contributed by atoms with Crippen LogP contribution >= 0.6 is 0 Å². The normalized spacial score (nSPS) is 16.1. The molecule has 1 heterocycles. The van der Waals surface area contributed by atoms with Crippen LogP contribution in [0.2, 0.25) is 0 Å². The molecule has 1 saturated heterocycles. The van der Waals surface area contributed by atoms with E-state index in [-0.39, 0.29) is 23.0 Å². The Kier molecular flexibility index (Phi) is 4.83. The van der Waals surface area contributed by atoms with E-state index in [0.717, 1.165) is 25.7 Å². The van der Waals surface area contributed by atoms with Crippen LogP contribution in [0.25, 0.3) is 6.08 Å². The maximum atomic E-state index is 12.4. The average Bonchev–Trinajstić information content (AvgIpc) is 2.77. The van der Waals surface area contributed by atoms with Gasteiger partial charge in [0.2, 0.25) is 0 Å². The fourth-order valence-electron chi connectivity index (χ4n) is 2.38. The van der Waals surface area contributed by atoms with Crippen LogP contribution in [0.5, 0.6) is 11.5 Å². The Morgan fingerprint density at radius 1 is 1.14 bits per heavy atom. The predicted octanol–water partition coefficient (Wildman–Crippen LogP) is 2.41. The quantitative estimate of drug-likeness (QED) is 0.496. The summed E-state index contributed by atoms with van der Waals surface area (Å²) in [5.74, 6) is -0.778. The van der Waals surface area contributed by atoms with Gasteiger partial charge in [0.1, 0.15) is 11.6 Å². The monoisotopic (exact) mass is 286 g/mol. The average molecular weight is 286 g/mol. The zero-order chi connectivity index (χ0) is 15.2. The number of amides is 1. The zero-order valence-electron chi connectivity index (χ0n) is 11.7. The van der Waals surface area contributed by atoms with Crippen LogP contribution in [0.15, 0.2) is 23.8 Å². The van der Waals surface area contributed by atoms with Gasteiger partial charge in [-0.25, -0.2) is 0 Å². The molecule has 1 aliphatic rings. The Morgan fingerprint density at radius 3 is 2.38 bits per heavy atom. The van der Waals surface area contributed by atoms with Gasteiger partial charge < -0.3 is 15.1 Å². The minimum absolute atomic E-state index is 0.0435. The van der Waals surface area contributed by atoms with Crippen molar-refractivity contribution in [2.45, 2.75) is 25.7 Å². The number of phenolic OH excluding ortho intramolecular Hbond substituents is 2. The molecule has 0 aromatic heterocycles. The maximum absolute atomic E-state index is 12.4. The highest BCUT2D eigenvalue weighted by atomic mass is 16.3. The van der Waals surface area contributed by atoms with E-state index in [9.17, 15) is 20.3 Å². The molecule has 0 unspecified atom stereocenters. The molecular weight excluding hydrogens is 268 g/mol. The van der Waals surface area contributed by atoms with Gasteiger partial charge in [0.25, 0.3) is 5.91 Å². The van der Waals surface area contributed by atoms with Crippen molar-refractivity contribution >= 4 is 12.0 Å². The summed E-state index contributed by atoms with van der Waals surface area (Å²) in [5.41, 5.74) is 0.548. The number of likely N-dealkylation sites (tertiary alicyclic amines) is 1. The molecule has 0 spiro atoms. The van der Waals surface area contributed by atoms with Crippen molar-refractivity contribution in [3.63, 3.8) is 0 Å². The first kappa shape index (κ1) is 14.9. The van der Waals surface area contributed by atoms with Crippen LogP contribution < -0.4 is 0 Å². The number of phenols is 2. The molecule has 0 bridgehead atoms. The molecular formula is C16H18N2O3. The van der Waals surface area contributed by atoms with E-state index in [0.29, 0.717) is 18.7 Å². The summed E-state index contributed by atoms with van der Waals surface area (Å²) in [5, 5.41) is 27.9. The van der Waals surface area contributed by atoms with Crippen molar-refractivity contribution < 1.29 is 15.0 Å². The minimum atomic E-state index is -0.275. The van der Waals surface area contributed by atoms with Crippen molar-refractivity contribution in [2.24, 2.45) is 0 Å². The molecule has 2 rings (SSSR count). The molecule has 0 atom stereocenters. The predicted molar refractivity (Wildman–Crippen MR) is 78.4 cm³/mol. The number of hydrogen-bond donors (Lipinski definition) is 2. The lowest BCUT2D eigenvalue weighted by atomic mass is 10.1. The molecule has 0 aliphatic carbocycles. The zero-order valence-corrected chi connectivity index (χ0v) is 11.7. The van der Waals surface area contributed by atoms with Crippen molar-refractivity contribution in [3.8, 4) is 17.6 Å². The number of nitrogens with zero attached hydrogens (tertiary/aromatic N) is 2. The topological polar surface area (TPSA) is 84.6 Å². The molecule has 5 heteroatoms. The van der Waals surface area contributed by atoms with E-state index < -0.39 is 0 Å². The third-order valence-corrected chi connectivity index (χ3v) is 3.55. The van der Waals surface area contributed by atoms with Gasteiger partial charge >= 0.3 is 0 Å². The summed E-state index contributed by atoms with van der Waals surface area (Å²) in [6, 6.07) is 6.12. The maximum Gasteiger partial charge on any atom is 0.264 e. The highest BCUT2D eigenvalue weighted by Crippen LogP contribution is 2.26. The Bertz CT molecular complexity index is 594. The summed E-state index contributed by atoms with van der Waals surface area (Å²) < 4.78 is 0. The SMILES string of the molecule is N#C/C(=C\c1ccc(O)c(O)c1)C(=O)N1CCCCCC1. The van der Waals surface area contributed by atoms with Crippen LogP contribution in [0, 0.1) is 11.3 Å². The first-order valence-corrected chi connectivity index (χ1v) is 7.05. The van der Waals surface area contributed by atoms with Gasteiger partial charge in [-0.2, -0.15) is 5.26 Å². The summed E-state index contributed by atoms with van der Waals surface area (Å²) >= 11 is 0. The molecule has 21 heavy (non-hydrogen) atoms. The largest absolute Gasteiger partial charge is 0.504 e. The van der Waals surface area contributed by atoms with E-state index in [2.05, 4.69) is 0 Å². The number of benzene rings is 1. The van der Waals surface area contributed by atoms with Gasteiger partial charge in [0, 0.05) is 13.1 Å². The third kappa shape index (κ3) is 3.76. The van der Waals surface area contributed by atoms with Crippen molar-refractivity contribution in [1.82, 2.24) is 4.90 Å². The van der Waals surface area contributed by atoms with E-state index in [1.165, 1.54) is 18.2 Å². The fourth-order valence-corrected chi connectivity index (χ4v) is 2.38. The van der Waals surface area contributed by atoms with Crippen LogP contribution in [0.3, 0.4) is 0 Å². The lowest BCUT2D eigenvalue weighted by molar-refractivity contribution is -0.126. The Balaban J connectivity index is 2.21. The first-order chi connectivity index (χ1) is 10.1. The van der Waals surface area contributed by atoms with Crippen LogP contribution in [-0.4, -0.2) is 34.1 Å². The highest BCUT2D eigenvalue weighted by molar-refractivity contribution is 6.01. The second kappa shape index (κ2) is 6.80. The molecule has 1 fully saturated rings. The van der Waals surface area contributed by atoms with E-state index in [1.807, 2.05) is 6.07 Å². The lowest BCUT2D eigenvalue weighted by Crippen LogP contribution is -2.32. The molecule has 0 radical (unpaired) electrons. The summed E-state index contributed by atoms with van der Waals surface area (Å²) in [6.07, 6.45) is 5.59. The van der Waals surface area contributed by atoms with Gasteiger partial charge in [0.15, 0.2) is 11.5 Å². The van der Waals surface area contributed by atoms with Crippen molar-refractivity contribution in [1.29, 1.82) is 5.26 Å². The number of carbonyl (C=O) groups excluding carboxylic acids is 1. The number of rotatable bonds is 2. The summed E-state index contributed by atoms with van der Waals surface area (Å²) in [7, 11) is 0. The summed E-state index contributed by atoms with van der Waals surface area (Å²) in [4.78, 5) is 14.1. The van der Waals surface area contributed by atoms with Crippen LogP contribution in [0.1, 0.15) is 31.2 Å². The van der Waals surface area contributed by atoms with Crippen LogP contribution in [-0.2, 0) is 4.79 Å². The van der Waals surface area contributed by atoms with Gasteiger partial charge in [-0.15, -0.1) is 0 Å². The molecule has 1 aromatic carbocycles. The molecule has 1 aromatic rings. The Labute approximate surface area is 123 Å². The third-order valence-electron chi connectivity index (χ3n) is 3.55. The lowest BCUT2D eigenvalue weighted by Gasteiger charge is -2.19. The first-order valence-electron chi connectivity index (χ1n) is 7.05. The molecule has 0 saturated carbocycles. The smallest absolute Gasteiger partial charge is 0.264 e. The van der Waals surface area contributed by atoms with Gasteiger partial charge in [-0.05, 0) is 36.6 Å². The highest BCUT2D eigenvalue weighted by Gasteiger charge is 2.19. The fraction of sp³-hybridized carbons (Fsp3) is 0.375. The molecule has 2 N–H and O–H groups in total. The van der Waals surface area contributed by atoms with E-state index in [4.69, 9.17) is 0 Å². The number of aromatic hydroxyl groups is 2. The summed E-state index contributed by atoms with van der Waals surface area (Å²) in [6.45, 7) is 1.36. The number of carbonyl (C=O) groups is 1. The van der Waals surface area contributed by atoms with E-state index >= 15 is 0 Å².